The van der Waals surface area contributed by atoms with Crippen LogP contribution in [-0.2, 0) is 11.3 Å². The lowest BCUT2D eigenvalue weighted by molar-refractivity contribution is -0.122. The minimum absolute atomic E-state index is 0.214. The van der Waals surface area contributed by atoms with Crippen LogP contribution >= 0.6 is 0 Å². The zero-order valence-electron chi connectivity index (χ0n) is 16.4. The van der Waals surface area contributed by atoms with Gasteiger partial charge in [0.05, 0.1) is 11.3 Å². The number of amides is 2. The second-order valence-electron chi connectivity index (χ2n) is 6.71. The number of pyridine rings is 1. The maximum Gasteiger partial charge on any atom is 0.273 e. The fourth-order valence-corrected chi connectivity index (χ4v) is 3.04. The molecule has 0 bridgehead atoms. The Kier molecular flexibility index (Phi) is 5.70. The van der Waals surface area contributed by atoms with E-state index in [1.165, 1.54) is 16.8 Å². The molecule has 0 unspecified atom stereocenters. The standard InChI is InChI=1S/C23H19N5O3/c29-20(16-27-14-8-7-13-21(27)30)24-25-23(31)19-15-28(18-11-5-2-6-12-18)26-22(19)17-9-3-1-4-10-17/h1-15H,16H2,(H,24,29)(H,25,31). The average molecular weight is 413 g/mol. The molecular formula is C23H19N5O3. The van der Waals surface area contributed by atoms with Crippen molar-refractivity contribution in [1.82, 2.24) is 25.2 Å². The van der Waals surface area contributed by atoms with Crippen molar-refractivity contribution in [3.63, 3.8) is 0 Å². The van der Waals surface area contributed by atoms with E-state index < -0.39 is 11.8 Å². The lowest BCUT2D eigenvalue weighted by Gasteiger charge is -2.08. The van der Waals surface area contributed by atoms with Crippen molar-refractivity contribution >= 4 is 11.8 Å². The van der Waals surface area contributed by atoms with E-state index in [1.807, 2.05) is 60.7 Å². The number of nitrogens with zero attached hydrogens (tertiary/aromatic N) is 3. The van der Waals surface area contributed by atoms with Gasteiger partial charge in [0.2, 0.25) is 0 Å². The number of carbonyl (C=O) groups excluding carboxylic acids is 2. The maximum absolute atomic E-state index is 12.9. The number of carbonyl (C=O) groups is 2. The molecule has 0 saturated heterocycles. The van der Waals surface area contributed by atoms with Gasteiger partial charge in [0, 0.05) is 24.0 Å². The summed E-state index contributed by atoms with van der Waals surface area (Å²) in [5, 5.41) is 4.58. The zero-order valence-corrected chi connectivity index (χ0v) is 16.4. The molecule has 4 rings (SSSR count). The largest absolute Gasteiger partial charge is 0.306 e. The summed E-state index contributed by atoms with van der Waals surface area (Å²) in [7, 11) is 0. The molecule has 2 heterocycles. The molecule has 154 valence electrons. The number of benzene rings is 2. The van der Waals surface area contributed by atoms with E-state index in [0.29, 0.717) is 11.3 Å². The Balaban J connectivity index is 1.55. The number of hydrazine groups is 1. The average Bonchev–Trinajstić information content (AvgIpc) is 3.26. The minimum Gasteiger partial charge on any atom is -0.306 e. The van der Waals surface area contributed by atoms with Crippen LogP contribution in [0.25, 0.3) is 16.9 Å². The van der Waals surface area contributed by atoms with Crippen LogP contribution < -0.4 is 16.4 Å². The summed E-state index contributed by atoms with van der Waals surface area (Å²) in [6.45, 7) is -0.214. The number of nitrogens with one attached hydrogen (secondary N) is 2. The molecular weight excluding hydrogens is 394 g/mol. The summed E-state index contributed by atoms with van der Waals surface area (Å²) in [6, 6.07) is 23.3. The van der Waals surface area contributed by atoms with Crippen LogP contribution in [0.5, 0.6) is 0 Å². The third kappa shape index (κ3) is 4.59. The monoisotopic (exact) mass is 413 g/mol. The van der Waals surface area contributed by atoms with Gasteiger partial charge in [0.25, 0.3) is 17.4 Å². The van der Waals surface area contributed by atoms with E-state index in [1.54, 1.807) is 23.0 Å². The van der Waals surface area contributed by atoms with Crippen molar-refractivity contribution in [2.75, 3.05) is 0 Å². The first kappa shape index (κ1) is 19.8. The van der Waals surface area contributed by atoms with Gasteiger partial charge in [-0.1, -0.05) is 54.6 Å². The summed E-state index contributed by atoms with van der Waals surface area (Å²) in [5.74, 6) is -1.05. The highest BCUT2D eigenvalue weighted by Crippen LogP contribution is 2.23. The quantitative estimate of drug-likeness (QED) is 0.490. The minimum atomic E-state index is -0.529. The van der Waals surface area contributed by atoms with Crippen LogP contribution in [0.2, 0.25) is 0 Å². The first-order valence-corrected chi connectivity index (χ1v) is 9.57. The molecule has 2 aromatic heterocycles. The van der Waals surface area contributed by atoms with Crippen molar-refractivity contribution in [2.45, 2.75) is 6.54 Å². The van der Waals surface area contributed by atoms with Gasteiger partial charge in [-0.15, -0.1) is 0 Å². The second kappa shape index (κ2) is 8.91. The molecule has 2 amide bonds. The molecule has 31 heavy (non-hydrogen) atoms. The van der Waals surface area contributed by atoms with Crippen LogP contribution in [0.15, 0.2) is 96.1 Å². The van der Waals surface area contributed by atoms with Crippen molar-refractivity contribution in [3.05, 3.63) is 107 Å². The fourth-order valence-electron chi connectivity index (χ4n) is 3.04. The van der Waals surface area contributed by atoms with Gasteiger partial charge in [0.1, 0.15) is 12.2 Å². The summed E-state index contributed by atoms with van der Waals surface area (Å²) in [5.41, 5.74) is 6.80. The topological polar surface area (TPSA) is 98.0 Å². The maximum atomic E-state index is 12.9. The number of hydrogen-bond donors (Lipinski definition) is 2. The fraction of sp³-hybridized carbons (Fsp3) is 0.0435. The van der Waals surface area contributed by atoms with E-state index >= 15 is 0 Å². The van der Waals surface area contributed by atoms with E-state index in [0.717, 1.165) is 11.3 Å². The molecule has 0 aliphatic heterocycles. The molecule has 0 radical (unpaired) electrons. The van der Waals surface area contributed by atoms with Gasteiger partial charge in [-0.25, -0.2) is 4.68 Å². The van der Waals surface area contributed by atoms with Gasteiger partial charge < -0.3 is 4.57 Å². The molecule has 0 spiro atoms. The molecule has 0 saturated carbocycles. The predicted octanol–water partition coefficient (Wildman–Crippen LogP) is 2.16. The van der Waals surface area contributed by atoms with Gasteiger partial charge in [0.15, 0.2) is 0 Å². The van der Waals surface area contributed by atoms with E-state index in [-0.39, 0.29) is 12.1 Å². The molecule has 2 N–H and O–H groups in total. The van der Waals surface area contributed by atoms with Crippen LogP contribution in [0.4, 0.5) is 0 Å². The highest BCUT2D eigenvalue weighted by molar-refractivity contribution is 6.00. The van der Waals surface area contributed by atoms with Crippen molar-refractivity contribution in [3.8, 4) is 16.9 Å². The Labute approximate surface area is 177 Å². The normalized spacial score (nSPS) is 10.5. The van der Waals surface area contributed by atoms with E-state index in [9.17, 15) is 14.4 Å². The Morgan fingerprint density at radius 1 is 0.839 bits per heavy atom. The van der Waals surface area contributed by atoms with Crippen molar-refractivity contribution in [1.29, 1.82) is 0 Å². The van der Waals surface area contributed by atoms with Gasteiger partial charge in [-0.2, -0.15) is 5.10 Å². The first-order valence-electron chi connectivity index (χ1n) is 9.57. The van der Waals surface area contributed by atoms with Gasteiger partial charge >= 0.3 is 0 Å². The lowest BCUT2D eigenvalue weighted by atomic mass is 10.1. The molecule has 4 aromatic rings. The summed E-state index contributed by atoms with van der Waals surface area (Å²) in [6.07, 6.45) is 3.11. The van der Waals surface area contributed by atoms with Crippen LogP contribution in [0, 0.1) is 0 Å². The Morgan fingerprint density at radius 3 is 2.23 bits per heavy atom. The summed E-state index contributed by atoms with van der Waals surface area (Å²) < 4.78 is 2.85. The van der Waals surface area contributed by atoms with Crippen LogP contribution in [-0.4, -0.2) is 26.2 Å². The lowest BCUT2D eigenvalue weighted by Crippen LogP contribution is -2.44. The second-order valence-corrected chi connectivity index (χ2v) is 6.71. The number of aromatic nitrogens is 3. The molecule has 0 aliphatic carbocycles. The summed E-state index contributed by atoms with van der Waals surface area (Å²) >= 11 is 0. The Bertz CT molecular complexity index is 1260. The number of rotatable bonds is 5. The van der Waals surface area contributed by atoms with E-state index in [2.05, 4.69) is 16.0 Å². The smallest absolute Gasteiger partial charge is 0.273 e. The summed E-state index contributed by atoms with van der Waals surface area (Å²) in [4.78, 5) is 36.8. The van der Waals surface area contributed by atoms with Crippen molar-refractivity contribution < 1.29 is 9.59 Å². The Hall–Kier alpha value is -4.46. The molecule has 8 heteroatoms. The van der Waals surface area contributed by atoms with Crippen LogP contribution in [0.3, 0.4) is 0 Å². The van der Waals surface area contributed by atoms with Crippen molar-refractivity contribution in [2.24, 2.45) is 0 Å². The van der Waals surface area contributed by atoms with Crippen LogP contribution in [0.1, 0.15) is 10.4 Å². The van der Waals surface area contributed by atoms with E-state index in [4.69, 9.17) is 0 Å². The van der Waals surface area contributed by atoms with Gasteiger partial charge in [-0.3, -0.25) is 25.2 Å². The first-order chi connectivity index (χ1) is 15.1. The number of para-hydroxylation sites is 1. The third-order valence-corrected chi connectivity index (χ3v) is 4.56. The van der Waals surface area contributed by atoms with Gasteiger partial charge in [-0.05, 0) is 18.2 Å². The highest BCUT2D eigenvalue weighted by atomic mass is 16.2. The molecule has 0 aliphatic rings. The molecule has 0 fully saturated rings. The number of hydrogen-bond acceptors (Lipinski definition) is 4. The highest BCUT2D eigenvalue weighted by Gasteiger charge is 2.19. The molecule has 2 aromatic carbocycles. The molecule has 8 nitrogen and oxygen atoms in total. The predicted molar refractivity (Wildman–Crippen MR) is 115 cm³/mol. The molecule has 0 atom stereocenters. The Morgan fingerprint density at radius 2 is 1.52 bits per heavy atom. The SMILES string of the molecule is O=C(Cn1ccccc1=O)NNC(=O)c1cn(-c2ccccc2)nc1-c1ccccc1. The zero-order chi connectivity index (χ0) is 21.6. The third-order valence-electron chi connectivity index (χ3n) is 4.56.